The summed E-state index contributed by atoms with van der Waals surface area (Å²) < 4.78 is 78.5. The fraction of sp³-hybridized carbons (Fsp3) is 0.250. The number of ketones is 1. The van der Waals surface area contributed by atoms with E-state index in [0.29, 0.717) is 5.69 Å². The third kappa shape index (κ3) is 4.23. The van der Waals surface area contributed by atoms with Gasteiger partial charge in [-0.1, -0.05) is 18.2 Å². The Bertz CT molecular complexity index is 936. The van der Waals surface area contributed by atoms with E-state index in [1.54, 1.807) is 23.5 Å². The minimum absolute atomic E-state index is 0.0264. The molecule has 0 amide bonds. The van der Waals surface area contributed by atoms with E-state index in [0.717, 1.165) is 4.68 Å². The van der Waals surface area contributed by atoms with Gasteiger partial charge in [0.05, 0.1) is 11.4 Å². The van der Waals surface area contributed by atoms with Crippen LogP contribution < -0.4 is 10.9 Å². The molecule has 0 fully saturated rings. The standard InChI is InChI=1S/C16H13F6N3O2/c1-9-13(14(27)25(24(9)2)10-6-4-3-5-7-10)23-11(15(17,18)19)8-12(26)16(20,21)22/h3-8,23H,1-2H3/b11-8+. The molecule has 0 saturated carbocycles. The van der Waals surface area contributed by atoms with Crippen molar-refractivity contribution < 1.29 is 31.1 Å². The second-order valence-electron chi connectivity index (χ2n) is 5.48. The van der Waals surface area contributed by atoms with Crippen LogP contribution in [0.15, 0.2) is 46.9 Å². The number of hydrogen-bond acceptors (Lipinski definition) is 3. The number of benzene rings is 1. The molecule has 0 radical (unpaired) electrons. The molecule has 0 spiro atoms. The highest BCUT2D eigenvalue weighted by Crippen LogP contribution is 2.29. The Balaban J connectivity index is 2.56. The van der Waals surface area contributed by atoms with Crippen LogP contribution in [0.25, 0.3) is 5.69 Å². The molecule has 0 aliphatic carbocycles. The van der Waals surface area contributed by atoms with Crippen molar-refractivity contribution >= 4 is 11.5 Å². The molecule has 2 aromatic rings. The van der Waals surface area contributed by atoms with Gasteiger partial charge >= 0.3 is 12.4 Å². The van der Waals surface area contributed by atoms with E-state index in [-0.39, 0.29) is 5.69 Å². The fourth-order valence-electron chi connectivity index (χ4n) is 2.25. The molecule has 11 heteroatoms. The zero-order valence-electron chi connectivity index (χ0n) is 13.9. The van der Waals surface area contributed by atoms with Gasteiger partial charge in [-0.2, -0.15) is 26.3 Å². The number of carbonyl (C=O) groups excluding carboxylic acids is 1. The van der Waals surface area contributed by atoms with Crippen LogP contribution in [0.3, 0.4) is 0 Å². The van der Waals surface area contributed by atoms with E-state index >= 15 is 0 Å². The van der Waals surface area contributed by atoms with Crippen molar-refractivity contribution in [3.63, 3.8) is 0 Å². The van der Waals surface area contributed by atoms with Gasteiger partial charge in [0.2, 0.25) is 0 Å². The first-order valence-corrected chi connectivity index (χ1v) is 7.35. The summed E-state index contributed by atoms with van der Waals surface area (Å²) in [4.78, 5) is 23.5. The number of halogens is 6. The molecule has 0 atom stereocenters. The molecule has 0 bridgehead atoms. The number of anilines is 1. The highest BCUT2D eigenvalue weighted by Gasteiger charge is 2.42. The molecule has 1 aromatic heterocycles. The van der Waals surface area contributed by atoms with E-state index in [4.69, 9.17) is 0 Å². The van der Waals surface area contributed by atoms with Crippen LogP contribution in [-0.2, 0) is 11.8 Å². The molecular weight excluding hydrogens is 380 g/mol. The van der Waals surface area contributed by atoms with Crippen LogP contribution in [0.1, 0.15) is 5.69 Å². The minimum Gasteiger partial charge on any atom is -0.345 e. The van der Waals surface area contributed by atoms with E-state index in [1.807, 2.05) is 0 Å². The lowest BCUT2D eigenvalue weighted by Gasteiger charge is -2.13. The van der Waals surface area contributed by atoms with Crippen LogP contribution in [0, 0.1) is 6.92 Å². The molecule has 5 nitrogen and oxygen atoms in total. The second kappa shape index (κ2) is 6.97. The van der Waals surface area contributed by atoms with E-state index < -0.39 is 41.2 Å². The first-order valence-electron chi connectivity index (χ1n) is 7.35. The summed E-state index contributed by atoms with van der Waals surface area (Å²) in [7, 11) is 1.40. The summed E-state index contributed by atoms with van der Waals surface area (Å²) in [5, 5.41) is 1.65. The average molecular weight is 393 g/mol. The summed E-state index contributed by atoms with van der Waals surface area (Å²) in [5.41, 5.74) is -3.14. The predicted molar refractivity (Wildman–Crippen MR) is 84.6 cm³/mol. The van der Waals surface area contributed by atoms with Crippen LogP contribution >= 0.6 is 0 Å². The summed E-state index contributed by atoms with van der Waals surface area (Å²) in [5.74, 6) is -2.70. The maximum atomic E-state index is 13.1. The summed E-state index contributed by atoms with van der Waals surface area (Å²) in [6, 6.07) is 7.91. The summed E-state index contributed by atoms with van der Waals surface area (Å²) >= 11 is 0. The first-order chi connectivity index (χ1) is 12.3. The molecule has 146 valence electrons. The quantitative estimate of drug-likeness (QED) is 0.639. The second-order valence-corrected chi connectivity index (χ2v) is 5.48. The van der Waals surface area contributed by atoms with Gasteiger partial charge in [0.25, 0.3) is 11.3 Å². The third-order valence-electron chi connectivity index (χ3n) is 3.67. The molecule has 1 aromatic carbocycles. The number of alkyl halides is 6. The lowest BCUT2D eigenvalue weighted by atomic mass is 10.2. The molecule has 0 saturated heterocycles. The van der Waals surface area contributed by atoms with Gasteiger partial charge in [-0.25, -0.2) is 4.68 Å². The number of aromatic nitrogens is 2. The van der Waals surface area contributed by atoms with Gasteiger partial charge in [0.1, 0.15) is 11.4 Å². The predicted octanol–water partition coefficient (Wildman–Crippen LogP) is 3.47. The molecule has 0 unspecified atom stereocenters. The molecular formula is C16H13F6N3O2. The van der Waals surface area contributed by atoms with Gasteiger partial charge in [0.15, 0.2) is 0 Å². The van der Waals surface area contributed by atoms with Gasteiger partial charge in [0, 0.05) is 13.1 Å². The zero-order valence-corrected chi connectivity index (χ0v) is 13.9. The first kappa shape index (κ1) is 20.3. The normalized spacial score (nSPS) is 13.0. The molecule has 1 N–H and O–H groups in total. The van der Waals surface area contributed by atoms with Crippen molar-refractivity contribution in [1.29, 1.82) is 0 Å². The molecule has 0 aliphatic rings. The molecule has 2 rings (SSSR count). The van der Waals surface area contributed by atoms with Crippen molar-refractivity contribution in [1.82, 2.24) is 9.36 Å². The number of allylic oxidation sites excluding steroid dienone is 2. The topological polar surface area (TPSA) is 56.0 Å². The van der Waals surface area contributed by atoms with Gasteiger partial charge in [-0.15, -0.1) is 0 Å². The van der Waals surface area contributed by atoms with E-state index in [1.165, 1.54) is 30.8 Å². The largest absolute Gasteiger partial charge is 0.454 e. The SMILES string of the molecule is Cc1c(N/C(=C/C(=O)C(F)(F)F)C(F)(F)F)c(=O)n(-c2ccccc2)n1C. The fourth-order valence-corrected chi connectivity index (χ4v) is 2.25. The van der Waals surface area contributed by atoms with Gasteiger partial charge in [-0.3, -0.25) is 14.3 Å². The lowest BCUT2D eigenvalue weighted by Crippen LogP contribution is -2.28. The number of rotatable bonds is 4. The van der Waals surface area contributed by atoms with Crippen molar-refractivity contribution in [3.05, 3.63) is 58.2 Å². The monoisotopic (exact) mass is 393 g/mol. The Morgan fingerprint density at radius 1 is 1.04 bits per heavy atom. The Hall–Kier alpha value is -2.98. The van der Waals surface area contributed by atoms with Gasteiger partial charge in [-0.05, 0) is 19.1 Å². The number of nitrogens with zero attached hydrogens (tertiary/aromatic N) is 2. The Kier molecular flexibility index (Phi) is 5.25. The smallest absolute Gasteiger partial charge is 0.345 e. The van der Waals surface area contributed by atoms with E-state index in [9.17, 15) is 35.9 Å². The molecule has 1 heterocycles. The zero-order chi connectivity index (χ0) is 20.6. The summed E-state index contributed by atoms with van der Waals surface area (Å²) in [6.45, 7) is 1.31. The average Bonchev–Trinajstić information content (AvgIpc) is 2.76. The molecule has 0 aliphatic heterocycles. The lowest BCUT2D eigenvalue weighted by molar-refractivity contribution is -0.165. The maximum absolute atomic E-state index is 13.1. The minimum atomic E-state index is -5.48. The Morgan fingerprint density at radius 3 is 2.07 bits per heavy atom. The number of hydrogen-bond donors (Lipinski definition) is 1. The Morgan fingerprint density at radius 2 is 1.59 bits per heavy atom. The number of para-hydroxylation sites is 1. The van der Waals surface area contributed by atoms with E-state index in [2.05, 4.69) is 0 Å². The molecule has 27 heavy (non-hydrogen) atoms. The van der Waals surface area contributed by atoms with Gasteiger partial charge < -0.3 is 5.32 Å². The van der Waals surface area contributed by atoms with Crippen molar-refractivity contribution in [2.45, 2.75) is 19.3 Å². The number of carbonyl (C=O) groups is 1. The Labute approximate surface area is 148 Å². The van der Waals surface area contributed by atoms with Crippen molar-refractivity contribution in [2.24, 2.45) is 7.05 Å². The summed E-state index contributed by atoms with van der Waals surface area (Å²) in [6.07, 6.45) is -11.4. The highest BCUT2D eigenvalue weighted by atomic mass is 19.4. The maximum Gasteiger partial charge on any atom is 0.454 e. The number of nitrogens with one attached hydrogen (secondary N) is 1. The highest BCUT2D eigenvalue weighted by molar-refractivity contribution is 5.95. The van der Waals surface area contributed by atoms with Crippen LogP contribution in [0.4, 0.5) is 32.0 Å². The van der Waals surface area contributed by atoms with Crippen LogP contribution in [-0.4, -0.2) is 27.5 Å². The van der Waals surface area contributed by atoms with Crippen LogP contribution in [0.5, 0.6) is 0 Å². The van der Waals surface area contributed by atoms with Crippen molar-refractivity contribution in [3.8, 4) is 5.69 Å². The third-order valence-corrected chi connectivity index (χ3v) is 3.67. The van der Waals surface area contributed by atoms with Crippen LogP contribution in [0.2, 0.25) is 0 Å². The van der Waals surface area contributed by atoms with Crippen molar-refractivity contribution in [2.75, 3.05) is 5.32 Å².